The zero-order chi connectivity index (χ0) is 14.7. The van der Waals surface area contributed by atoms with E-state index in [2.05, 4.69) is 5.32 Å². The molecule has 2 atom stereocenters. The molecule has 0 aromatic rings. The molecule has 6 heteroatoms. The van der Waals surface area contributed by atoms with Gasteiger partial charge < -0.3 is 10.4 Å². The van der Waals surface area contributed by atoms with E-state index < -0.39 is 20.5 Å². The average molecular weight is 291 g/mol. The highest BCUT2D eigenvalue weighted by atomic mass is 32.2. The first-order valence-electron chi connectivity index (χ1n) is 6.79. The maximum Gasteiger partial charge on any atom is 0.240 e. The normalized spacial score (nSPS) is 25.1. The molecule has 0 bridgehead atoms. The fraction of sp³-hybridized carbons (Fsp3) is 0.923. The largest absolute Gasteiger partial charge is 0.396 e. The van der Waals surface area contributed by atoms with Crippen LogP contribution in [-0.2, 0) is 14.6 Å². The van der Waals surface area contributed by atoms with Gasteiger partial charge in [0.2, 0.25) is 5.91 Å². The molecular formula is C13H25NO4S. The van der Waals surface area contributed by atoms with Crippen molar-refractivity contribution in [3.05, 3.63) is 0 Å². The lowest BCUT2D eigenvalue weighted by Gasteiger charge is -2.31. The summed E-state index contributed by atoms with van der Waals surface area (Å²) in [6.45, 7) is 3.42. The minimum Gasteiger partial charge on any atom is -0.396 e. The molecule has 5 nitrogen and oxygen atoms in total. The molecule has 1 fully saturated rings. The van der Waals surface area contributed by atoms with Gasteiger partial charge in [0.05, 0.1) is 0 Å². The molecule has 19 heavy (non-hydrogen) atoms. The van der Waals surface area contributed by atoms with Crippen molar-refractivity contribution >= 4 is 15.7 Å². The van der Waals surface area contributed by atoms with Crippen LogP contribution >= 0.6 is 0 Å². The molecule has 1 saturated carbocycles. The number of aliphatic hydroxyl groups is 1. The number of hydrogen-bond donors (Lipinski definition) is 2. The molecule has 112 valence electrons. The summed E-state index contributed by atoms with van der Waals surface area (Å²) >= 11 is 0. The van der Waals surface area contributed by atoms with Gasteiger partial charge in [0.15, 0.2) is 9.84 Å². The second-order valence-corrected chi connectivity index (χ2v) is 8.54. The van der Waals surface area contributed by atoms with Crippen LogP contribution in [0.15, 0.2) is 0 Å². The van der Waals surface area contributed by atoms with Crippen molar-refractivity contribution in [2.75, 3.05) is 19.4 Å². The van der Waals surface area contributed by atoms with E-state index in [0.29, 0.717) is 6.54 Å². The molecular weight excluding hydrogens is 266 g/mol. The quantitative estimate of drug-likeness (QED) is 0.782. The summed E-state index contributed by atoms with van der Waals surface area (Å²) < 4.78 is 21.7. The minimum atomic E-state index is -3.44. The Morgan fingerprint density at radius 3 is 2.26 bits per heavy atom. The van der Waals surface area contributed by atoms with Crippen molar-refractivity contribution in [3.8, 4) is 0 Å². The summed E-state index contributed by atoms with van der Waals surface area (Å²) in [5.74, 6) is 0.00530. The second kappa shape index (κ2) is 6.22. The topological polar surface area (TPSA) is 83.5 Å². The summed E-state index contributed by atoms with van der Waals surface area (Å²) in [6, 6.07) is 0. The zero-order valence-electron chi connectivity index (χ0n) is 12.0. The van der Waals surface area contributed by atoms with Crippen LogP contribution in [0, 0.1) is 11.8 Å². The van der Waals surface area contributed by atoms with E-state index in [0.717, 1.165) is 31.9 Å². The van der Waals surface area contributed by atoms with Gasteiger partial charge >= 0.3 is 0 Å². The zero-order valence-corrected chi connectivity index (χ0v) is 12.8. The van der Waals surface area contributed by atoms with Crippen LogP contribution < -0.4 is 5.32 Å². The SMILES string of the molecule is CC(C)(C(=O)NCC1CCCCC1CO)S(C)(=O)=O. The molecule has 0 aromatic carbocycles. The van der Waals surface area contributed by atoms with Gasteiger partial charge in [-0.15, -0.1) is 0 Å². The highest BCUT2D eigenvalue weighted by Crippen LogP contribution is 2.29. The molecule has 2 unspecified atom stereocenters. The first kappa shape index (κ1) is 16.4. The maximum atomic E-state index is 12.0. The first-order chi connectivity index (χ1) is 8.70. The number of sulfone groups is 1. The molecule has 0 spiro atoms. The van der Waals surface area contributed by atoms with Gasteiger partial charge in [-0.05, 0) is 38.5 Å². The van der Waals surface area contributed by atoms with Gasteiger partial charge in [0, 0.05) is 19.4 Å². The Bertz CT molecular complexity index is 416. The van der Waals surface area contributed by atoms with Crippen LogP contribution in [0.3, 0.4) is 0 Å². The summed E-state index contributed by atoms with van der Waals surface area (Å²) in [6.07, 6.45) is 5.25. The lowest BCUT2D eigenvalue weighted by molar-refractivity contribution is -0.123. The van der Waals surface area contributed by atoms with E-state index in [1.165, 1.54) is 13.8 Å². The number of amides is 1. The van der Waals surface area contributed by atoms with Crippen LogP contribution in [-0.4, -0.2) is 43.6 Å². The van der Waals surface area contributed by atoms with E-state index in [1.54, 1.807) is 0 Å². The number of nitrogens with one attached hydrogen (secondary N) is 1. The average Bonchev–Trinajstić information content (AvgIpc) is 2.34. The monoisotopic (exact) mass is 291 g/mol. The number of aliphatic hydroxyl groups excluding tert-OH is 1. The Hall–Kier alpha value is -0.620. The Morgan fingerprint density at radius 1 is 1.26 bits per heavy atom. The molecule has 1 aliphatic rings. The molecule has 1 rings (SSSR count). The molecule has 0 saturated heterocycles. The molecule has 0 aliphatic heterocycles. The van der Waals surface area contributed by atoms with E-state index in [4.69, 9.17) is 0 Å². The molecule has 1 aliphatic carbocycles. The molecule has 0 radical (unpaired) electrons. The number of carbonyl (C=O) groups excluding carboxylic acids is 1. The third kappa shape index (κ3) is 3.92. The van der Waals surface area contributed by atoms with Crippen LogP contribution in [0.2, 0.25) is 0 Å². The van der Waals surface area contributed by atoms with Crippen molar-refractivity contribution in [1.82, 2.24) is 5.32 Å². The summed E-state index contributed by atoms with van der Waals surface area (Å²) in [4.78, 5) is 12.0. The second-order valence-electron chi connectivity index (χ2n) is 5.98. The Labute approximate surface area is 115 Å². The predicted octanol–water partition coefficient (Wildman–Crippen LogP) is 0.725. The van der Waals surface area contributed by atoms with Crippen molar-refractivity contribution in [3.63, 3.8) is 0 Å². The van der Waals surface area contributed by atoms with E-state index in [1.807, 2.05) is 0 Å². The Balaban J connectivity index is 2.59. The summed E-state index contributed by atoms with van der Waals surface area (Å²) in [5.41, 5.74) is 0. The lowest BCUT2D eigenvalue weighted by atomic mass is 9.79. The smallest absolute Gasteiger partial charge is 0.240 e. The standard InChI is InChI=1S/C13H25NO4S/c1-13(2,19(3,17)18)12(16)14-8-10-6-4-5-7-11(10)9-15/h10-11,15H,4-9H2,1-3H3,(H,14,16). The molecule has 0 heterocycles. The van der Waals surface area contributed by atoms with Crippen LogP contribution in [0.5, 0.6) is 0 Å². The van der Waals surface area contributed by atoms with Crippen LogP contribution in [0.1, 0.15) is 39.5 Å². The van der Waals surface area contributed by atoms with Crippen molar-refractivity contribution in [1.29, 1.82) is 0 Å². The van der Waals surface area contributed by atoms with Gasteiger partial charge in [-0.1, -0.05) is 12.8 Å². The fourth-order valence-electron chi connectivity index (χ4n) is 2.40. The number of carbonyl (C=O) groups is 1. The van der Waals surface area contributed by atoms with Gasteiger partial charge in [0.1, 0.15) is 4.75 Å². The van der Waals surface area contributed by atoms with E-state index >= 15 is 0 Å². The number of rotatable bonds is 5. The van der Waals surface area contributed by atoms with Crippen LogP contribution in [0.25, 0.3) is 0 Å². The van der Waals surface area contributed by atoms with Crippen molar-refractivity contribution in [2.24, 2.45) is 11.8 Å². The fourth-order valence-corrected chi connectivity index (χ4v) is 2.81. The first-order valence-corrected chi connectivity index (χ1v) is 8.68. The van der Waals surface area contributed by atoms with E-state index in [9.17, 15) is 18.3 Å². The lowest BCUT2D eigenvalue weighted by Crippen LogP contribution is -2.49. The van der Waals surface area contributed by atoms with Crippen molar-refractivity contribution < 1.29 is 18.3 Å². The van der Waals surface area contributed by atoms with Crippen LogP contribution in [0.4, 0.5) is 0 Å². The Morgan fingerprint density at radius 2 is 1.79 bits per heavy atom. The molecule has 1 amide bonds. The van der Waals surface area contributed by atoms with Gasteiger partial charge in [0.25, 0.3) is 0 Å². The third-order valence-corrected chi connectivity index (χ3v) is 6.34. The van der Waals surface area contributed by atoms with Gasteiger partial charge in [-0.25, -0.2) is 8.42 Å². The van der Waals surface area contributed by atoms with Gasteiger partial charge in [-0.3, -0.25) is 4.79 Å². The van der Waals surface area contributed by atoms with Crippen molar-refractivity contribution in [2.45, 2.75) is 44.3 Å². The third-order valence-electron chi connectivity index (χ3n) is 4.30. The van der Waals surface area contributed by atoms with Gasteiger partial charge in [-0.2, -0.15) is 0 Å². The van der Waals surface area contributed by atoms with E-state index in [-0.39, 0.29) is 18.4 Å². The highest BCUT2D eigenvalue weighted by Gasteiger charge is 2.38. The molecule has 2 N–H and O–H groups in total. The predicted molar refractivity (Wildman–Crippen MR) is 74.5 cm³/mol. The minimum absolute atomic E-state index is 0.135. The maximum absolute atomic E-state index is 12.0. The summed E-state index contributed by atoms with van der Waals surface area (Å²) in [7, 11) is -3.44. The summed E-state index contributed by atoms with van der Waals surface area (Å²) in [5, 5.41) is 12.0. The number of hydrogen-bond acceptors (Lipinski definition) is 4. The molecule has 0 aromatic heterocycles. The highest BCUT2D eigenvalue weighted by molar-refractivity contribution is 7.92. The Kier molecular flexibility index (Phi) is 5.38.